The number of nitrogens with one attached hydrogen (secondary N) is 5. The molecule has 0 rings (SSSR count). The Morgan fingerprint density at radius 3 is 1.85 bits per heavy atom. The van der Waals surface area contributed by atoms with E-state index in [0.717, 1.165) is 6.42 Å². The summed E-state index contributed by atoms with van der Waals surface area (Å²) in [6, 6.07) is -5.44. The van der Waals surface area contributed by atoms with Crippen LogP contribution in [0.2, 0.25) is 0 Å². The Bertz CT molecular complexity index is 868. The summed E-state index contributed by atoms with van der Waals surface area (Å²) in [5.41, 5.74) is 11.4. The average molecular weight is 574 g/mol. The van der Waals surface area contributed by atoms with Gasteiger partial charge in [0.2, 0.25) is 29.5 Å². The Morgan fingerprint density at radius 1 is 0.750 bits per heavy atom. The van der Waals surface area contributed by atoms with Gasteiger partial charge in [-0.05, 0) is 44.6 Å². The number of aliphatic hydroxyl groups is 1. The van der Waals surface area contributed by atoms with E-state index in [9.17, 15) is 33.9 Å². The van der Waals surface area contributed by atoms with E-state index in [2.05, 4.69) is 21.3 Å². The highest BCUT2D eigenvalue weighted by Gasteiger charge is 2.32. The van der Waals surface area contributed by atoms with Crippen LogP contribution < -0.4 is 38.1 Å². The summed E-state index contributed by atoms with van der Waals surface area (Å²) in [6.45, 7) is 7.47. The number of carboxylic acids is 1. The van der Waals surface area contributed by atoms with Gasteiger partial charge in [0.15, 0.2) is 0 Å². The third kappa shape index (κ3) is 14.2. The van der Waals surface area contributed by atoms with Crippen LogP contribution in [0.3, 0.4) is 0 Å². The topological polar surface area (TPSA) is 255 Å². The minimum absolute atomic E-state index is 0.0278. The average Bonchev–Trinajstić information content (AvgIpc) is 2.87. The van der Waals surface area contributed by atoms with E-state index in [4.69, 9.17) is 16.6 Å². The number of hydrogen-bond donors (Lipinski definition) is 9. The lowest BCUT2D eigenvalue weighted by atomic mass is 9.99. The smallest absolute Gasteiger partial charge is 0.322 e. The molecule has 0 aliphatic heterocycles. The number of hydrogen-bond acceptors (Lipinski definition) is 9. The number of carbonyl (C=O) groups excluding carboxylic acids is 5. The van der Waals surface area contributed by atoms with Crippen LogP contribution in [0.15, 0.2) is 0 Å². The lowest BCUT2D eigenvalue weighted by Gasteiger charge is -2.27. The monoisotopic (exact) mass is 573 g/mol. The van der Waals surface area contributed by atoms with Gasteiger partial charge in [-0.2, -0.15) is 0 Å². The Balaban J connectivity index is 5.35. The van der Waals surface area contributed by atoms with Crippen molar-refractivity contribution >= 4 is 35.5 Å². The van der Waals surface area contributed by atoms with Gasteiger partial charge in [0.25, 0.3) is 0 Å². The van der Waals surface area contributed by atoms with Crippen LogP contribution >= 0.6 is 0 Å². The highest BCUT2D eigenvalue weighted by molar-refractivity contribution is 5.96. The van der Waals surface area contributed by atoms with Crippen molar-refractivity contribution in [3.63, 3.8) is 0 Å². The first kappa shape index (κ1) is 36.7. The maximum atomic E-state index is 13.1. The minimum atomic E-state index is -1.44. The van der Waals surface area contributed by atoms with Gasteiger partial charge in [-0.1, -0.05) is 34.1 Å². The van der Waals surface area contributed by atoms with Gasteiger partial charge < -0.3 is 48.3 Å². The summed E-state index contributed by atoms with van der Waals surface area (Å²) in [6.07, 6.45) is 2.01. The Labute approximate surface area is 234 Å². The maximum Gasteiger partial charge on any atom is 0.322 e. The molecular formula is C25H47N7O8. The number of nitrogens with two attached hydrogens (primary N) is 2. The molecule has 0 fully saturated rings. The van der Waals surface area contributed by atoms with Crippen LogP contribution in [-0.2, 0) is 28.8 Å². The summed E-state index contributed by atoms with van der Waals surface area (Å²) < 4.78 is 0. The molecule has 15 heteroatoms. The van der Waals surface area contributed by atoms with E-state index in [-0.39, 0.29) is 18.3 Å². The number of unbranched alkanes of at least 4 members (excludes halogenated alkanes) is 1. The minimum Gasteiger partial charge on any atom is -0.480 e. The standard InChI is InChI=1S/C25H47N7O8/c1-13(2)10-17(30-25(40)20(14(3)4)32-22(37)16(27)8-6-7-9-26)24(39)29-15(5)21(36)31-18(12-33)23(38)28-11-19(34)35/h13-18,20,33H,6-12,26-27H2,1-5H3,(H,28,38)(H,29,39)(H,30,40)(H,31,36)(H,32,37)(H,34,35)/t15-,16-,17-,18-,20-/m0/s1. The van der Waals surface area contributed by atoms with Gasteiger partial charge in [-0.25, -0.2) is 0 Å². The third-order valence-corrected chi connectivity index (χ3v) is 5.87. The van der Waals surface area contributed by atoms with Crippen LogP contribution in [0, 0.1) is 11.8 Å². The fourth-order valence-corrected chi connectivity index (χ4v) is 3.56. The van der Waals surface area contributed by atoms with Gasteiger partial charge in [-0.15, -0.1) is 0 Å². The second-order valence-corrected chi connectivity index (χ2v) is 10.4. The number of aliphatic carboxylic acids is 1. The zero-order chi connectivity index (χ0) is 31.0. The predicted molar refractivity (Wildman–Crippen MR) is 146 cm³/mol. The summed E-state index contributed by atoms with van der Waals surface area (Å²) in [5, 5.41) is 30.1. The first-order chi connectivity index (χ1) is 18.6. The van der Waals surface area contributed by atoms with Gasteiger partial charge in [0.1, 0.15) is 30.7 Å². The van der Waals surface area contributed by atoms with Crippen LogP contribution in [-0.4, -0.2) is 95.6 Å². The molecule has 0 saturated carbocycles. The molecule has 0 aliphatic carbocycles. The molecule has 0 radical (unpaired) electrons. The van der Waals surface area contributed by atoms with E-state index in [1.54, 1.807) is 13.8 Å². The van der Waals surface area contributed by atoms with Crippen molar-refractivity contribution in [1.82, 2.24) is 26.6 Å². The molecule has 0 bridgehead atoms. The Kier molecular flexibility index (Phi) is 17.3. The summed E-state index contributed by atoms with van der Waals surface area (Å²) >= 11 is 0. The molecule has 230 valence electrons. The van der Waals surface area contributed by atoms with Gasteiger partial charge in [0.05, 0.1) is 12.6 Å². The zero-order valence-corrected chi connectivity index (χ0v) is 24.0. The summed E-state index contributed by atoms with van der Waals surface area (Å²) in [7, 11) is 0. The molecule has 15 nitrogen and oxygen atoms in total. The first-order valence-electron chi connectivity index (χ1n) is 13.4. The molecule has 0 unspecified atom stereocenters. The molecule has 0 heterocycles. The van der Waals surface area contributed by atoms with Gasteiger partial charge in [0, 0.05) is 0 Å². The van der Waals surface area contributed by atoms with Crippen molar-refractivity contribution in [2.24, 2.45) is 23.3 Å². The molecule has 5 atom stereocenters. The van der Waals surface area contributed by atoms with Crippen LogP contribution in [0.25, 0.3) is 0 Å². The van der Waals surface area contributed by atoms with E-state index in [1.165, 1.54) is 6.92 Å². The third-order valence-electron chi connectivity index (χ3n) is 5.87. The second kappa shape index (κ2) is 18.9. The van der Waals surface area contributed by atoms with Crippen molar-refractivity contribution in [2.75, 3.05) is 19.7 Å². The van der Waals surface area contributed by atoms with Crippen LogP contribution in [0.1, 0.15) is 60.3 Å². The molecule has 11 N–H and O–H groups in total. The first-order valence-corrected chi connectivity index (χ1v) is 13.4. The molecule has 40 heavy (non-hydrogen) atoms. The fourth-order valence-electron chi connectivity index (χ4n) is 3.56. The van der Waals surface area contributed by atoms with Crippen LogP contribution in [0.4, 0.5) is 0 Å². The lowest BCUT2D eigenvalue weighted by Crippen LogP contribution is -2.59. The summed E-state index contributed by atoms with van der Waals surface area (Å²) in [4.78, 5) is 73.9. The highest BCUT2D eigenvalue weighted by atomic mass is 16.4. The van der Waals surface area contributed by atoms with Gasteiger partial charge in [-0.3, -0.25) is 28.8 Å². The molecule has 0 spiro atoms. The van der Waals surface area contributed by atoms with Gasteiger partial charge >= 0.3 is 5.97 Å². The van der Waals surface area contributed by atoms with Crippen molar-refractivity contribution in [2.45, 2.75) is 90.5 Å². The van der Waals surface area contributed by atoms with E-state index >= 15 is 0 Å². The molecule has 0 aliphatic rings. The molecule has 0 aromatic rings. The van der Waals surface area contributed by atoms with Crippen LogP contribution in [0.5, 0.6) is 0 Å². The lowest BCUT2D eigenvalue weighted by molar-refractivity contribution is -0.139. The molecule has 0 saturated heterocycles. The van der Waals surface area contributed by atoms with Crippen molar-refractivity contribution in [1.29, 1.82) is 0 Å². The molecule has 0 aromatic heterocycles. The molecule has 5 amide bonds. The van der Waals surface area contributed by atoms with Crippen molar-refractivity contribution in [3.05, 3.63) is 0 Å². The molecular weight excluding hydrogens is 526 g/mol. The number of carboxylic acid groups (broad SMARTS) is 1. The van der Waals surface area contributed by atoms with Crippen molar-refractivity contribution < 1.29 is 39.0 Å². The fraction of sp³-hybridized carbons (Fsp3) is 0.760. The SMILES string of the molecule is CC(C)C[C@H](NC(=O)[C@@H](NC(=O)[C@@H](N)CCCCN)C(C)C)C(=O)N[C@@H](C)C(=O)N[C@@H](CO)C(=O)NCC(=O)O. The number of carbonyl (C=O) groups is 6. The summed E-state index contributed by atoms with van der Waals surface area (Å²) in [5.74, 6) is -5.15. The van der Waals surface area contributed by atoms with E-state index in [0.29, 0.717) is 19.4 Å². The Morgan fingerprint density at radius 2 is 1.35 bits per heavy atom. The number of rotatable bonds is 19. The predicted octanol–water partition coefficient (Wildman–Crippen LogP) is -2.70. The molecule has 0 aromatic carbocycles. The maximum absolute atomic E-state index is 13.1. The van der Waals surface area contributed by atoms with E-state index < -0.39 is 78.9 Å². The largest absolute Gasteiger partial charge is 0.480 e. The normalized spacial score (nSPS) is 14.8. The quantitative estimate of drug-likeness (QED) is 0.0722. The van der Waals surface area contributed by atoms with Crippen molar-refractivity contribution in [3.8, 4) is 0 Å². The number of amides is 5. The van der Waals surface area contributed by atoms with E-state index in [1.807, 2.05) is 19.2 Å². The zero-order valence-electron chi connectivity index (χ0n) is 24.0. The number of aliphatic hydroxyl groups excluding tert-OH is 1. The Hall–Kier alpha value is -3.30. The second-order valence-electron chi connectivity index (χ2n) is 10.4. The highest BCUT2D eigenvalue weighted by Crippen LogP contribution is 2.09.